The highest BCUT2D eigenvalue weighted by Crippen LogP contribution is 2.10. The van der Waals surface area contributed by atoms with Gasteiger partial charge in [-0.15, -0.1) is 0 Å². The van der Waals surface area contributed by atoms with Crippen molar-refractivity contribution in [3.05, 3.63) is 18.1 Å². The third kappa shape index (κ3) is 3.62. The zero-order valence-corrected chi connectivity index (χ0v) is 11.1. The van der Waals surface area contributed by atoms with Crippen LogP contribution in [0.25, 0.3) is 0 Å². The number of carbonyl (C=O) groups excluding carboxylic acids is 1. The lowest BCUT2D eigenvalue weighted by molar-refractivity contribution is 0.0935. The number of aromatic nitrogens is 2. The molecule has 19 heavy (non-hydrogen) atoms. The van der Waals surface area contributed by atoms with Gasteiger partial charge in [-0.3, -0.25) is 14.7 Å². The minimum Gasteiger partial charge on any atom is -0.349 e. The summed E-state index contributed by atoms with van der Waals surface area (Å²) in [6, 6.07) is 0.343. The molecule has 0 aliphatic carbocycles. The fraction of sp³-hybridized carbons (Fsp3) is 0.583. The van der Waals surface area contributed by atoms with Crippen molar-refractivity contribution in [1.82, 2.24) is 20.2 Å². The summed E-state index contributed by atoms with van der Waals surface area (Å²) in [5, 5.41) is 2.88. The second-order valence-electron chi connectivity index (χ2n) is 4.74. The zero-order chi connectivity index (χ0) is 13.7. The fourth-order valence-corrected chi connectivity index (χ4v) is 2.19. The number of hydrazine groups is 1. The van der Waals surface area contributed by atoms with Gasteiger partial charge in [0.25, 0.3) is 5.91 Å². The van der Waals surface area contributed by atoms with Crippen molar-refractivity contribution in [2.75, 3.05) is 25.1 Å². The van der Waals surface area contributed by atoms with Crippen LogP contribution >= 0.6 is 0 Å². The molecular weight excluding hydrogens is 244 g/mol. The molecule has 0 aromatic carbocycles. The molecule has 7 nitrogen and oxygen atoms in total. The molecule has 1 saturated heterocycles. The lowest BCUT2D eigenvalue weighted by atomic mass is 10.3. The summed E-state index contributed by atoms with van der Waals surface area (Å²) in [5.41, 5.74) is 2.64. The second-order valence-corrected chi connectivity index (χ2v) is 4.74. The molecule has 1 aliphatic rings. The largest absolute Gasteiger partial charge is 0.349 e. The van der Waals surface area contributed by atoms with Crippen molar-refractivity contribution in [2.24, 2.45) is 5.84 Å². The number of nitrogens with two attached hydrogens (primary N) is 1. The van der Waals surface area contributed by atoms with E-state index in [1.807, 2.05) is 0 Å². The number of carbonyl (C=O) groups is 1. The summed E-state index contributed by atoms with van der Waals surface area (Å²) in [4.78, 5) is 22.3. The first-order valence-electron chi connectivity index (χ1n) is 6.51. The Kier molecular flexibility index (Phi) is 4.64. The minimum absolute atomic E-state index is 0.226. The maximum atomic E-state index is 11.9. The van der Waals surface area contributed by atoms with E-state index in [1.165, 1.54) is 25.2 Å². The van der Waals surface area contributed by atoms with Crippen LogP contribution in [0.5, 0.6) is 0 Å². The fourth-order valence-electron chi connectivity index (χ4n) is 2.19. The van der Waals surface area contributed by atoms with Crippen LogP contribution in [0.4, 0.5) is 5.82 Å². The number of anilines is 1. The molecule has 0 radical (unpaired) electrons. The highest BCUT2D eigenvalue weighted by molar-refractivity contribution is 5.92. The predicted octanol–water partition coefficient (Wildman–Crippen LogP) is -0.0237. The van der Waals surface area contributed by atoms with Crippen LogP contribution in [0.2, 0.25) is 0 Å². The van der Waals surface area contributed by atoms with Crippen LogP contribution in [0.3, 0.4) is 0 Å². The molecule has 0 bridgehead atoms. The molecule has 2 heterocycles. The molecule has 1 unspecified atom stereocenters. The SMILES string of the molecule is CC(CNC(=O)c1cncc(NN)n1)N1CCCC1. The Balaban J connectivity index is 1.86. The van der Waals surface area contributed by atoms with Crippen molar-refractivity contribution in [3.63, 3.8) is 0 Å². The Morgan fingerprint density at radius 3 is 2.89 bits per heavy atom. The van der Waals surface area contributed by atoms with E-state index >= 15 is 0 Å². The molecule has 1 aromatic rings. The van der Waals surface area contributed by atoms with Gasteiger partial charge in [-0.05, 0) is 32.9 Å². The number of likely N-dealkylation sites (tertiary alicyclic amines) is 1. The molecule has 1 aliphatic heterocycles. The van der Waals surface area contributed by atoms with Gasteiger partial charge in [0.15, 0.2) is 5.82 Å². The van der Waals surface area contributed by atoms with Gasteiger partial charge in [-0.2, -0.15) is 0 Å². The van der Waals surface area contributed by atoms with Crippen LogP contribution in [0.1, 0.15) is 30.3 Å². The highest BCUT2D eigenvalue weighted by atomic mass is 16.1. The third-order valence-electron chi connectivity index (χ3n) is 3.34. The van der Waals surface area contributed by atoms with Crippen LogP contribution in [0.15, 0.2) is 12.4 Å². The van der Waals surface area contributed by atoms with Gasteiger partial charge in [0.05, 0.1) is 12.4 Å². The van der Waals surface area contributed by atoms with Crippen LogP contribution in [-0.4, -0.2) is 46.5 Å². The van der Waals surface area contributed by atoms with Gasteiger partial charge in [-0.1, -0.05) is 0 Å². The van der Waals surface area contributed by atoms with Gasteiger partial charge >= 0.3 is 0 Å². The zero-order valence-electron chi connectivity index (χ0n) is 11.1. The molecule has 1 fully saturated rings. The summed E-state index contributed by atoms with van der Waals surface area (Å²) in [6.45, 7) is 4.96. The maximum Gasteiger partial charge on any atom is 0.271 e. The third-order valence-corrected chi connectivity index (χ3v) is 3.34. The normalized spacial score (nSPS) is 17.2. The number of hydrogen-bond donors (Lipinski definition) is 3. The van der Waals surface area contributed by atoms with Gasteiger partial charge in [0.1, 0.15) is 5.69 Å². The van der Waals surface area contributed by atoms with Crippen molar-refractivity contribution in [1.29, 1.82) is 0 Å². The topological polar surface area (TPSA) is 96.2 Å². The standard InChI is InChI=1S/C12H20N6O/c1-9(18-4-2-3-5-18)6-15-12(19)10-7-14-8-11(16-10)17-13/h7-9H,2-6,13H2,1H3,(H,15,19)(H,16,17). The van der Waals surface area contributed by atoms with Crippen molar-refractivity contribution < 1.29 is 4.79 Å². The molecule has 1 aromatic heterocycles. The summed E-state index contributed by atoms with van der Waals surface area (Å²) >= 11 is 0. The minimum atomic E-state index is -0.226. The van der Waals surface area contributed by atoms with E-state index in [-0.39, 0.29) is 11.6 Å². The van der Waals surface area contributed by atoms with Crippen molar-refractivity contribution >= 4 is 11.7 Å². The summed E-state index contributed by atoms with van der Waals surface area (Å²) in [5.74, 6) is 5.38. The Morgan fingerprint density at radius 1 is 1.47 bits per heavy atom. The van der Waals surface area contributed by atoms with Gasteiger partial charge in [0, 0.05) is 12.6 Å². The van der Waals surface area contributed by atoms with E-state index < -0.39 is 0 Å². The van der Waals surface area contributed by atoms with Crippen molar-refractivity contribution in [2.45, 2.75) is 25.8 Å². The smallest absolute Gasteiger partial charge is 0.271 e. The first-order valence-corrected chi connectivity index (χ1v) is 6.51. The van der Waals surface area contributed by atoms with Crippen LogP contribution in [-0.2, 0) is 0 Å². The first-order chi connectivity index (χ1) is 9.20. The van der Waals surface area contributed by atoms with E-state index in [0.717, 1.165) is 13.1 Å². The van der Waals surface area contributed by atoms with Crippen LogP contribution < -0.4 is 16.6 Å². The average molecular weight is 264 g/mol. The molecule has 2 rings (SSSR count). The first kappa shape index (κ1) is 13.7. The maximum absolute atomic E-state index is 11.9. The predicted molar refractivity (Wildman–Crippen MR) is 72.4 cm³/mol. The lowest BCUT2D eigenvalue weighted by Gasteiger charge is -2.23. The van der Waals surface area contributed by atoms with E-state index in [9.17, 15) is 4.79 Å². The number of rotatable bonds is 5. The van der Waals surface area contributed by atoms with E-state index in [0.29, 0.717) is 18.4 Å². The summed E-state index contributed by atoms with van der Waals surface area (Å²) in [7, 11) is 0. The number of nitrogen functional groups attached to an aromatic ring is 1. The van der Waals surface area contributed by atoms with E-state index in [2.05, 4.69) is 32.5 Å². The Bertz CT molecular complexity index is 432. The Hall–Kier alpha value is -1.73. The van der Waals surface area contributed by atoms with Gasteiger partial charge in [0.2, 0.25) is 0 Å². The van der Waals surface area contributed by atoms with Gasteiger partial charge in [-0.25, -0.2) is 10.8 Å². The van der Waals surface area contributed by atoms with Gasteiger partial charge < -0.3 is 10.7 Å². The molecule has 1 amide bonds. The second kappa shape index (κ2) is 6.44. The molecular formula is C12H20N6O. The molecule has 7 heteroatoms. The molecule has 4 N–H and O–H groups in total. The number of nitrogens with one attached hydrogen (secondary N) is 2. The average Bonchev–Trinajstić information content (AvgIpc) is 2.98. The quantitative estimate of drug-likeness (QED) is 0.511. The lowest BCUT2D eigenvalue weighted by Crippen LogP contribution is -2.40. The van der Waals surface area contributed by atoms with E-state index in [4.69, 9.17) is 5.84 Å². The summed E-state index contributed by atoms with van der Waals surface area (Å²) < 4.78 is 0. The van der Waals surface area contributed by atoms with E-state index in [1.54, 1.807) is 0 Å². The van der Waals surface area contributed by atoms with Crippen LogP contribution in [0, 0.1) is 0 Å². The number of hydrogen-bond acceptors (Lipinski definition) is 6. The Labute approximate surface area is 112 Å². The molecule has 104 valence electrons. The molecule has 1 atom stereocenters. The molecule has 0 spiro atoms. The monoisotopic (exact) mass is 264 g/mol. The number of amides is 1. The summed E-state index contributed by atoms with van der Waals surface area (Å²) in [6.07, 6.45) is 5.38. The Morgan fingerprint density at radius 2 is 2.21 bits per heavy atom. The number of nitrogens with zero attached hydrogens (tertiary/aromatic N) is 3. The highest BCUT2D eigenvalue weighted by Gasteiger charge is 2.19. The van der Waals surface area contributed by atoms with Crippen molar-refractivity contribution in [3.8, 4) is 0 Å². The molecule has 0 saturated carbocycles.